The van der Waals surface area contributed by atoms with Crippen LogP contribution in [0.3, 0.4) is 0 Å². The number of hydrogen-bond donors (Lipinski definition) is 2. The number of carbonyl (C=O) groups is 2. The average molecular weight is 349 g/mol. The first-order chi connectivity index (χ1) is 12.6. The maximum absolute atomic E-state index is 11.9. The number of carbonyl (C=O) groups excluding carboxylic acids is 2. The molecule has 5 heteroatoms. The number of hydrogen-bond acceptors (Lipinski definition) is 2. The Hall–Kier alpha value is -3.08. The monoisotopic (exact) mass is 349 g/mol. The third kappa shape index (κ3) is 3.77. The Balaban J connectivity index is 1.78. The zero-order valence-electron chi connectivity index (χ0n) is 15.1. The van der Waals surface area contributed by atoms with Crippen LogP contribution in [0.1, 0.15) is 19.4 Å². The maximum atomic E-state index is 11.9. The van der Waals surface area contributed by atoms with Crippen LogP contribution in [0.15, 0.2) is 48.5 Å². The Morgan fingerprint density at radius 1 is 1.00 bits per heavy atom. The highest BCUT2D eigenvalue weighted by Crippen LogP contribution is 2.29. The van der Waals surface area contributed by atoms with Crippen molar-refractivity contribution >= 4 is 39.7 Å². The van der Waals surface area contributed by atoms with Crippen LogP contribution in [-0.2, 0) is 16.1 Å². The molecule has 1 aromatic heterocycles. The number of nitrogens with one attached hydrogen (secondary N) is 2. The van der Waals surface area contributed by atoms with Crippen molar-refractivity contribution in [3.63, 3.8) is 0 Å². The molecule has 1 heterocycles. The number of rotatable bonds is 6. The van der Waals surface area contributed by atoms with Crippen molar-refractivity contribution in [2.24, 2.45) is 0 Å². The van der Waals surface area contributed by atoms with E-state index in [0.717, 1.165) is 12.1 Å². The molecule has 0 saturated carbocycles. The average Bonchev–Trinajstić information content (AvgIpc) is 2.96. The van der Waals surface area contributed by atoms with Crippen molar-refractivity contribution in [2.75, 3.05) is 13.1 Å². The molecule has 26 heavy (non-hydrogen) atoms. The summed E-state index contributed by atoms with van der Waals surface area (Å²) >= 11 is 0. The Morgan fingerprint density at radius 2 is 1.73 bits per heavy atom. The second-order valence-corrected chi connectivity index (χ2v) is 6.15. The number of fused-ring (bicyclic) bond motifs is 3. The molecular weight excluding hydrogens is 326 g/mol. The highest BCUT2D eigenvalue weighted by Gasteiger charge is 2.09. The fourth-order valence-electron chi connectivity index (χ4n) is 3.17. The van der Waals surface area contributed by atoms with Crippen LogP contribution in [-0.4, -0.2) is 29.5 Å². The molecule has 0 aliphatic heterocycles. The van der Waals surface area contributed by atoms with E-state index in [9.17, 15) is 9.59 Å². The quantitative estimate of drug-likeness (QED) is 0.531. The van der Waals surface area contributed by atoms with E-state index < -0.39 is 0 Å². The lowest BCUT2D eigenvalue weighted by Crippen LogP contribution is -2.32. The van der Waals surface area contributed by atoms with Gasteiger partial charge in [0.2, 0.25) is 11.8 Å². The SMILES string of the molecule is CCn1c2ccccc2c2cc(/C=C/C(=O)NCCNC(C)=O)ccc21. The number of amides is 2. The van der Waals surface area contributed by atoms with E-state index in [1.54, 1.807) is 0 Å². The van der Waals surface area contributed by atoms with Crippen molar-refractivity contribution in [1.29, 1.82) is 0 Å². The molecule has 5 nitrogen and oxygen atoms in total. The number of nitrogens with zero attached hydrogens (tertiary/aromatic N) is 1. The summed E-state index contributed by atoms with van der Waals surface area (Å²) in [6.45, 7) is 5.34. The van der Waals surface area contributed by atoms with Gasteiger partial charge in [-0.2, -0.15) is 0 Å². The molecule has 0 aliphatic carbocycles. The zero-order valence-corrected chi connectivity index (χ0v) is 15.1. The molecule has 2 N–H and O–H groups in total. The van der Waals surface area contributed by atoms with E-state index in [-0.39, 0.29) is 11.8 Å². The van der Waals surface area contributed by atoms with Gasteiger partial charge in [0.15, 0.2) is 0 Å². The summed E-state index contributed by atoms with van der Waals surface area (Å²) < 4.78 is 2.30. The first-order valence-corrected chi connectivity index (χ1v) is 8.81. The third-order valence-electron chi connectivity index (χ3n) is 4.34. The van der Waals surface area contributed by atoms with Crippen molar-refractivity contribution < 1.29 is 9.59 Å². The second kappa shape index (κ2) is 7.87. The van der Waals surface area contributed by atoms with Crippen LogP contribution < -0.4 is 10.6 Å². The minimum Gasteiger partial charge on any atom is -0.355 e. The lowest BCUT2D eigenvalue weighted by atomic mass is 10.1. The first kappa shape index (κ1) is 17.7. The minimum absolute atomic E-state index is 0.102. The fraction of sp³-hybridized carbons (Fsp3) is 0.238. The van der Waals surface area contributed by atoms with E-state index >= 15 is 0 Å². The summed E-state index contributed by atoms with van der Waals surface area (Å²) in [5.74, 6) is -0.277. The molecule has 0 aliphatic rings. The molecule has 2 amide bonds. The largest absolute Gasteiger partial charge is 0.355 e. The molecule has 0 spiro atoms. The highest BCUT2D eigenvalue weighted by molar-refractivity contribution is 6.08. The highest BCUT2D eigenvalue weighted by atomic mass is 16.2. The fourth-order valence-corrected chi connectivity index (χ4v) is 3.17. The lowest BCUT2D eigenvalue weighted by Gasteiger charge is -2.03. The number of aryl methyl sites for hydroxylation is 1. The van der Waals surface area contributed by atoms with E-state index in [0.29, 0.717) is 13.1 Å². The number of aromatic nitrogens is 1. The van der Waals surface area contributed by atoms with E-state index in [2.05, 4.69) is 52.5 Å². The summed E-state index contributed by atoms with van der Waals surface area (Å²) in [4.78, 5) is 22.7. The second-order valence-electron chi connectivity index (χ2n) is 6.15. The van der Waals surface area contributed by atoms with Gasteiger partial charge >= 0.3 is 0 Å². The van der Waals surface area contributed by atoms with Gasteiger partial charge in [-0.15, -0.1) is 0 Å². The molecule has 0 unspecified atom stereocenters. The summed E-state index contributed by atoms with van der Waals surface area (Å²) in [7, 11) is 0. The molecule has 3 rings (SSSR count). The molecule has 0 fully saturated rings. The van der Waals surface area contributed by atoms with Crippen LogP contribution >= 0.6 is 0 Å². The van der Waals surface area contributed by atoms with E-state index in [1.807, 2.05) is 18.2 Å². The van der Waals surface area contributed by atoms with Crippen LogP contribution in [0.2, 0.25) is 0 Å². The van der Waals surface area contributed by atoms with Crippen molar-refractivity contribution in [3.05, 3.63) is 54.1 Å². The first-order valence-electron chi connectivity index (χ1n) is 8.81. The van der Waals surface area contributed by atoms with Gasteiger partial charge in [0, 0.05) is 54.4 Å². The maximum Gasteiger partial charge on any atom is 0.244 e. The molecular formula is C21H23N3O2. The zero-order chi connectivity index (χ0) is 18.5. The molecule has 3 aromatic rings. The molecule has 134 valence electrons. The van der Waals surface area contributed by atoms with Gasteiger partial charge in [0.25, 0.3) is 0 Å². The summed E-state index contributed by atoms with van der Waals surface area (Å²) in [5, 5.41) is 7.80. The predicted octanol–water partition coefficient (Wildman–Crippen LogP) is 3.08. The normalized spacial score (nSPS) is 11.3. The molecule has 0 saturated heterocycles. The minimum atomic E-state index is -0.175. The standard InChI is InChI=1S/C21H23N3O2/c1-3-24-19-7-5-4-6-17(19)18-14-16(8-10-20(18)24)9-11-21(26)23-13-12-22-15(2)25/h4-11,14H,3,12-13H2,1-2H3,(H,22,25)(H,23,26)/b11-9+. The predicted molar refractivity (Wildman–Crippen MR) is 106 cm³/mol. The van der Waals surface area contributed by atoms with Gasteiger partial charge in [0.05, 0.1) is 0 Å². The van der Waals surface area contributed by atoms with E-state index in [4.69, 9.17) is 0 Å². The van der Waals surface area contributed by atoms with Gasteiger partial charge in [-0.1, -0.05) is 24.3 Å². The lowest BCUT2D eigenvalue weighted by molar-refractivity contribution is -0.119. The van der Waals surface area contributed by atoms with Crippen molar-refractivity contribution in [2.45, 2.75) is 20.4 Å². The molecule has 0 bridgehead atoms. The van der Waals surface area contributed by atoms with Crippen molar-refractivity contribution in [3.8, 4) is 0 Å². The Bertz CT molecular complexity index is 985. The summed E-state index contributed by atoms with van der Waals surface area (Å²) in [5.41, 5.74) is 3.40. The number of para-hydroxylation sites is 1. The van der Waals surface area contributed by atoms with Crippen LogP contribution in [0, 0.1) is 0 Å². The van der Waals surface area contributed by atoms with Gasteiger partial charge in [0.1, 0.15) is 0 Å². The summed E-state index contributed by atoms with van der Waals surface area (Å²) in [6.07, 6.45) is 3.33. The Labute approximate surface area is 152 Å². The van der Waals surface area contributed by atoms with Gasteiger partial charge in [-0.3, -0.25) is 9.59 Å². The van der Waals surface area contributed by atoms with Crippen molar-refractivity contribution in [1.82, 2.24) is 15.2 Å². The number of benzene rings is 2. The molecule has 0 atom stereocenters. The molecule has 2 aromatic carbocycles. The van der Waals surface area contributed by atoms with Gasteiger partial charge < -0.3 is 15.2 Å². The molecule has 0 radical (unpaired) electrons. The van der Waals surface area contributed by atoms with E-state index in [1.165, 1.54) is 34.8 Å². The van der Waals surface area contributed by atoms with Crippen LogP contribution in [0.25, 0.3) is 27.9 Å². The van der Waals surface area contributed by atoms with Gasteiger partial charge in [-0.05, 0) is 36.8 Å². The van der Waals surface area contributed by atoms with Gasteiger partial charge in [-0.25, -0.2) is 0 Å². The smallest absolute Gasteiger partial charge is 0.244 e. The third-order valence-corrected chi connectivity index (χ3v) is 4.34. The van der Waals surface area contributed by atoms with Crippen LogP contribution in [0.4, 0.5) is 0 Å². The topological polar surface area (TPSA) is 63.1 Å². The van der Waals surface area contributed by atoms with Crippen LogP contribution in [0.5, 0.6) is 0 Å². The Kier molecular flexibility index (Phi) is 5.37. The summed E-state index contributed by atoms with van der Waals surface area (Å²) in [6, 6.07) is 14.6. The Morgan fingerprint density at radius 3 is 2.50 bits per heavy atom.